The van der Waals surface area contributed by atoms with Crippen molar-refractivity contribution in [3.63, 3.8) is 0 Å². The molecule has 1 aliphatic carbocycles. The predicted octanol–water partition coefficient (Wildman–Crippen LogP) is 5.54. The van der Waals surface area contributed by atoms with Crippen LogP contribution >= 0.6 is 0 Å². The van der Waals surface area contributed by atoms with E-state index >= 15 is 0 Å². The zero-order valence-electron chi connectivity index (χ0n) is 21.1. The molecule has 1 aliphatic heterocycles. The van der Waals surface area contributed by atoms with Gasteiger partial charge in [0.1, 0.15) is 20.6 Å². The van der Waals surface area contributed by atoms with Crippen molar-refractivity contribution in [2.24, 2.45) is 16.7 Å². The van der Waals surface area contributed by atoms with Gasteiger partial charge in [-0.15, -0.1) is 6.58 Å². The summed E-state index contributed by atoms with van der Waals surface area (Å²) in [5.41, 5.74) is 0.684. The summed E-state index contributed by atoms with van der Waals surface area (Å²) in [6.45, 7) is 24.1. The van der Waals surface area contributed by atoms with Gasteiger partial charge >= 0.3 is 0 Å². The van der Waals surface area contributed by atoms with Crippen molar-refractivity contribution in [2.75, 3.05) is 33.7 Å². The number of allylic oxidation sites excluding steroid dienone is 1. The molecular weight excluding hydrogens is 420 g/mol. The van der Waals surface area contributed by atoms with Crippen molar-refractivity contribution >= 4 is 19.5 Å². The first-order valence-electron chi connectivity index (χ1n) is 11.7. The Labute approximate surface area is 195 Å². The van der Waals surface area contributed by atoms with Crippen molar-refractivity contribution in [2.45, 2.75) is 65.0 Å². The predicted molar refractivity (Wildman–Crippen MR) is 132 cm³/mol. The SMILES string of the molecule is C=Cc1cc([C@@H](COCOC)[C@@]2(C)CCC3(OCCO3)C(C)(C)[C@@H]2C=C)oc1[Si](C)(C)C. The molecule has 2 aliphatic rings. The van der Waals surface area contributed by atoms with Gasteiger partial charge in [-0.25, -0.2) is 0 Å². The van der Waals surface area contributed by atoms with Crippen LogP contribution in [0.1, 0.15) is 50.9 Å². The zero-order chi connectivity index (χ0) is 23.8. The molecule has 0 amide bonds. The van der Waals surface area contributed by atoms with Crippen LogP contribution in [0, 0.1) is 16.7 Å². The second kappa shape index (κ2) is 9.22. The van der Waals surface area contributed by atoms with Gasteiger partial charge in [0.2, 0.25) is 0 Å². The third kappa shape index (κ3) is 4.21. The molecule has 3 atom stereocenters. The van der Waals surface area contributed by atoms with Gasteiger partial charge < -0.3 is 23.4 Å². The number of furan rings is 1. The van der Waals surface area contributed by atoms with E-state index in [0.29, 0.717) is 19.8 Å². The molecule has 2 fully saturated rings. The van der Waals surface area contributed by atoms with Crippen molar-refractivity contribution in [3.05, 3.63) is 36.6 Å². The summed E-state index contributed by atoms with van der Waals surface area (Å²) >= 11 is 0. The van der Waals surface area contributed by atoms with Crippen molar-refractivity contribution in [1.29, 1.82) is 0 Å². The van der Waals surface area contributed by atoms with Gasteiger partial charge in [-0.05, 0) is 23.8 Å². The van der Waals surface area contributed by atoms with Gasteiger partial charge in [0.15, 0.2) is 5.79 Å². The highest BCUT2D eigenvalue weighted by molar-refractivity contribution is 6.88. The van der Waals surface area contributed by atoms with E-state index in [1.54, 1.807) is 7.11 Å². The molecule has 32 heavy (non-hydrogen) atoms. The average Bonchev–Trinajstić information content (AvgIpc) is 3.37. The third-order valence-corrected chi connectivity index (χ3v) is 9.51. The molecule has 1 spiro atoms. The Morgan fingerprint density at radius 3 is 2.31 bits per heavy atom. The van der Waals surface area contributed by atoms with E-state index in [0.717, 1.165) is 29.5 Å². The van der Waals surface area contributed by atoms with E-state index in [9.17, 15) is 0 Å². The number of methoxy groups -OCH3 is 1. The molecule has 0 radical (unpaired) electrons. The fourth-order valence-electron chi connectivity index (χ4n) is 6.08. The van der Waals surface area contributed by atoms with Crippen molar-refractivity contribution in [3.8, 4) is 0 Å². The monoisotopic (exact) mass is 462 g/mol. The maximum Gasteiger partial charge on any atom is 0.174 e. The molecule has 0 aromatic carbocycles. The maximum absolute atomic E-state index is 6.63. The lowest BCUT2D eigenvalue weighted by atomic mass is 9.50. The summed E-state index contributed by atoms with van der Waals surface area (Å²) in [7, 11) is -0.0291. The largest absolute Gasteiger partial charge is 0.470 e. The minimum atomic E-state index is -1.68. The lowest BCUT2D eigenvalue weighted by molar-refractivity contribution is -0.279. The molecule has 0 N–H and O–H groups in total. The summed E-state index contributed by atoms with van der Waals surface area (Å²) in [6.07, 6.45) is 5.76. The van der Waals surface area contributed by atoms with Crippen LogP contribution < -0.4 is 5.38 Å². The van der Waals surface area contributed by atoms with Crippen LogP contribution in [0.5, 0.6) is 0 Å². The molecule has 6 heteroatoms. The molecule has 0 unspecified atom stereocenters. The number of rotatable bonds is 9. The molecule has 1 saturated heterocycles. The van der Waals surface area contributed by atoms with Crippen molar-refractivity contribution in [1.82, 2.24) is 0 Å². The smallest absolute Gasteiger partial charge is 0.174 e. The molecule has 2 heterocycles. The summed E-state index contributed by atoms with van der Waals surface area (Å²) < 4.78 is 30.3. The minimum absolute atomic E-state index is 0.0301. The van der Waals surface area contributed by atoms with E-state index in [4.69, 9.17) is 23.4 Å². The molecular formula is C26H42O5Si. The first-order valence-corrected chi connectivity index (χ1v) is 15.2. The van der Waals surface area contributed by atoms with E-state index in [2.05, 4.69) is 65.7 Å². The van der Waals surface area contributed by atoms with Crippen LogP contribution in [0.3, 0.4) is 0 Å². The van der Waals surface area contributed by atoms with Crippen LogP contribution in [0.2, 0.25) is 19.6 Å². The van der Waals surface area contributed by atoms with Gasteiger partial charge in [-0.1, -0.05) is 59.1 Å². The zero-order valence-corrected chi connectivity index (χ0v) is 22.1. The standard InChI is InChI=1S/C26H42O5Si/c1-10-19-16-21(31-23(19)32(7,8)9)20(17-28-18-27-6)25(5)12-13-26(29-14-15-30-26)24(3,4)22(25)11-2/h10-11,16,20,22H,1-2,12-15,17-18H2,3-9H3/t20-,22+,25-/m1/s1. The number of ether oxygens (including phenoxy) is 4. The Bertz CT molecular complexity index is 815. The van der Waals surface area contributed by atoms with E-state index in [1.807, 2.05) is 6.08 Å². The van der Waals surface area contributed by atoms with Crippen LogP contribution in [0.15, 0.2) is 29.7 Å². The molecule has 3 rings (SSSR count). The molecule has 5 nitrogen and oxygen atoms in total. The van der Waals surface area contributed by atoms with Crippen LogP contribution in [-0.4, -0.2) is 47.6 Å². The quantitative estimate of drug-likeness (QED) is 0.209. The highest BCUT2D eigenvalue weighted by Crippen LogP contribution is 2.63. The first-order chi connectivity index (χ1) is 15.0. The van der Waals surface area contributed by atoms with Crippen LogP contribution in [-0.2, 0) is 18.9 Å². The first kappa shape index (κ1) is 25.4. The minimum Gasteiger partial charge on any atom is -0.470 e. The molecule has 0 bridgehead atoms. The lowest BCUT2D eigenvalue weighted by Crippen LogP contribution is -2.59. The number of hydrogen-bond acceptors (Lipinski definition) is 5. The second-order valence-corrected chi connectivity index (χ2v) is 16.1. The summed E-state index contributed by atoms with van der Waals surface area (Å²) in [6, 6.07) is 2.17. The second-order valence-electron chi connectivity index (χ2n) is 11.1. The van der Waals surface area contributed by atoms with Gasteiger partial charge in [-0.2, -0.15) is 0 Å². The van der Waals surface area contributed by atoms with E-state index in [-0.39, 0.29) is 29.5 Å². The maximum atomic E-state index is 6.63. The summed E-state index contributed by atoms with van der Waals surface area (Å²) in [4.78, 5) is 0. The van der Waals surface area contributed by atoms with Crippen LogP contribution in [0.25, 0.3) is 6.08 Å². The van der Waals surface area contributed by atoms with E-state index in [1.165, 1.54) is 0 Å². The third-order valence-electron chi connectivity index (χ3n) is 7.76. The topological polar surface area (TPSA) is 50.1 Å². The van der Waals surface area contributed by atoms with Crippen molar-refractivity contribution < 1.29 is 23.4 Å². The average molecular weight is 463 g/mol. The summed E-state index contributed by atoms with van der Waals surface area (Å²) in [5.74, 6) is 0.554. The Balaban J connectivity index is 2.08. The molecule has 1 aromatic heterocycles. The van der Waals surface area contributed by atoms with Crippen LogP contribution in [0.4, 0.5) is 0 Å². The highest BCUT2D eigenvalue weighted by atomic mass is 28.3. The number of hydrogen-bond donors (Lipinski definition) is 0. The molecule has 1 aromatic rings. The highest BCUT2D eigenvalue weighted by Gasteiger charge is 2.63. The van der Waals surface area contributed by atoms with E-state index < -0.39 is 13.9 Å². The lowest BCUT2D eigenvalue weighted by Gasteiger charge is -2.59. The Morgan fingerprint density at radius 1 is 1.16 bits per heavy atom. The fourth-order valence-corrected chi connectivity index (χ4v) is 7.54. The molecule has 1 saturated carbocycles. The van der Waals surface area contributed by atoms with Gasteiger partial charge in [0, 0.05) is 30.4 Å². The fraction of sp³-hybridized carbons (Fsp3) is 0.692. The van der Waals surface area contributed by atoms with Gasteiger partial charge in [0.25, 0.3) is 0 Å². The Kier molecular flexibility index (Phi) is 7.33. The Morgan fingerprint density at radius 2 is 1.81 bits per heavy atom. The normalized spacial score (nSPS) is 28.0. The Hall–Kier alpha value is -1.18. The molecule has 180 valence electrons. The van der Waals surface area contributed by atoms with Gasteiger partial charge in [-0.3, -0.25) is 0 Å². The summed E-state index contributed by atoms with van der Waals surface area (Å²) in [5, 5.41) is 1.09. The van der Waals surface area contributed by atoms with Gasteiger partial charge in [0.05, 0.1) is 25.2 Å².